The van der Waals surface area contributed by atoms with Crippen LogP contribution in [0.25, 0.3) is 0 Å². The highest BCUT2D eigenvalue weighted by molar-refractivity contribution is 5.73. The first-order chi connectivity index (χ1) is 7.27. The zero-order valence-corrected chi connectivity index (χ0v) is 8.30. The summed E-state index contributed by atoms with van der Waals surface area (Å²) in [6.07, 6.45) is -0.709. The lowest BCUT2D eigenvalue weighted by Gasteiger charge is -2.32. The molecule has 0 saturated carbocycles. The number of aliphatic carboxylic acids is 1. The second-order valence-electron chi connectivity index (χ2n) is 3.48. The van der Waals surface area contributed by atoms with Gasteiger partial charge in [-0.1, -0.05) is 18.2 Å². The van der Waals surface area contributed by atoms with E-state index in [0.29, 0.717) is 13.2 Å². The van der Waals surface area contributed by atoms with E-state index in [4.69, 9.17) is 9.84 Å². The molecule has 1 aromatic carbocycles. The van der Waals surface area contributed by atoms with E-state index < -0.39 is 12.1 Å². The number of carboxylic acid groups (broad SMARTS) is 1. The van der Waals surface area contributed by atoms with Gasteiger partial charge in [-0.3, -0.25) is 0 Å². The van der Waals surface area contributed by atoms with Gasteiger partial charge in [-0.2, -0.15) is 0 Å². The van der Waals surface area contributed by atoms with Crippen molar-refractivity contribution in [1.82, 2.24) is 0 Å². The maximum absolute atomic E-state index is 10.8. The van der Waals surface area contributed by atoms with Crippen molar-refractivity contribution in [2.45, 2.75) is 6.10 Å². The number of hydrogen-bond acceptors (Lipinski definition) is 3. The molecule has 4 nitrogen and oxygen atoms in total. The molecule has 0 spiro atoms. The summed E-state index contributed by atoms with van der Waals surface area (Å²) in [5.74, 6) is -0.893. The Labute approximate surface area is 88.1 Å². The average Bonchev–Trinajstić information content (AvgIpc) is 2.30. The van der Waals surface area contributed by atoms with Crippen molar-refractivity contribution in [3.8, 4) is 0 Å². The Balaban J connectivity index is 2.08. The topological polar surface area (TPSA) is 49.8 Å². The fourth-order valence-corrected chi connectivity index (χ4v) is 1.67. The van der Waals surface area contributed by atoms with Crippen LogP contribution in [-0.4, -0.2) is 36.9 Å². The third-order valence-corrected chi connectivity index (χ3v) is 2.46. The van der Waals surface area contributed by atoms with Crippen LogP contribution in [0.5, 0.6) is 0 Å². The lowest BCUT2D eigenvalue weighted by atomic mass is 10.2. The third-order valence-electron chi connectivity index (χ3n) is 2.46. The van der Waals surface area contributed by atoms with Crippen LogP contribution in [0.4, 0.5) is 5.69 Å². The van der Waals surface area contributed by atoms with Gasteiger partial charge in [0.15, 0.2) is 6.10 Å². The summed E-state index contributed by atoms with van der Waals surface area (Å²) >= 11 is 0. The third kappa shape index (κ3) is 2.27. The summed E-state index contributed by atoms with van der Waals surface area (Å²) in [4.78, 5) is 12.8. The summed E-state index contributed by atoms with van der Waals surface area (Å²) < 4.78 is 5.15. The van der Waals surface area contributed by atoms with E-state index in [2.05, 4.69) is 0 Å². The molecule has 1 saturated heterocycles. The Morgan fingerprint density at radius 1 is 1.40 bits per heavy atom. The quantitative estimate of drug-likeness (QED) is 0.785. The van der Waals surface area contributed by atoms with Gasteiger partial charge in [0.25, 0.3) is 0 Å². The van der Waals surface area contributed by atoms with Crippen molar-refractivity contribution in [3.63, 3.8) is 0 Å². The van der Waals surface area contributed by atoms with Crippen molar-refractivity contribution >= 4 is 11.7 Å². The fourth-order valence-electron chi connectivity index (χ4n) is 1.67. The van der Waals surface area contributed by atoms with E-state index in [1.54, 1.807) is 0 Å². The number of para-hydroxylation sites is 1. The smallest absolute Gasteiger partial charge is 0.334 e. The van der Waals surface area contributed by atoms with Crippen LogP contribution < -0.4 is 4.90 Å². The van der Waals surface area contributed by atoms with Crippen molar-refractivity contribution in [2.75, 3.05) is 24.6 Å². The van der Waals surface area contributed by atoms with Gasteiger partial charge >= 0.3 is 5.97 Å². The molecule has 1 N–H and O–H groups in total. The number of carbonyl (C=O) groups is 1. The van der Waals surface area contributed by atoms with Gasteiger partial charge in [-0.25, -0.2) is 4.79 Å². The molecule has 1 atom stereocenters. The molecule has 4 heteroatoms. The van der Waals surface area contributed by atoms with Crippen LogP contribution in [0, 0.1) is 0 Å². The Hall–Kier alpha value is -1.55. The first-order valence-electron chi connectivity index (χ1n) is 4.92. The standard InChI is InChI=1S/C11H13NO3/c13-11(14)10-8-12(6-7-15-10)9-4-2-1-3-5-9/h1-5,10H,6-8H2,(H,13,14)/t10-/m0/s1. The number of anilines is 1. The summed E-state index contributed by atoms with van der Waals surface area (Å²) in [6.45, 7) is 1.62. The lowest BCUT2D eigenvalue weighted by molar-refractivity contribution is -0.150. The Bertz CT molecular complexity index is 339. The molecule has 0 bridgehead atoms. The van der Waals surface area contributed by atoms with Crippen molar-refractivity contribution < 1.29 is 14.6 Å². The van der Waals surface area contributed by atoms with Crippen LogP contribution in [-0.2, 0) is 9.53 Å². The molecular formula is C11H13NO3. The number of ether oxygens (including phenoxy) is 1. The van der Waals surface area contributed by atoms with E-state index in [0.717, 1.165) is 12.2 Å². The second-order valence-corrected chi connectivity index (χ2v) is 3.48. The van der Waals surface area contributed by atoms with Crippen LogP contribution in [0.15, 0.2) is 30.3 Å². The highest BCUT2D eigenvalue weighted by Gasteiger charge is 2.25. The van der Waals surface area contributed by atoms with Gasteiger partial charge in [0.05, 0.1) is 13.2 Å². The molecule has 1 heterocycles. The molecule has 1 aliphatic heterocycles. The van der Waals surface area contributed by atoms with E-state index in [1.165, 1.54) is 0 Å². The Morgan fingerprint density at radius 3 is 2.80 bits per heavy atom. The molecule has 15 heavy (non-hydrogen) atoms. The number of benzene rings is 1. The number of nitrogens with zero attached hydrogens (tertiary/aromatic N) is 1. The molecule has 2 rings (SSSR count). The van der Waals surface area contributed by atoms with E-state index in [1.807, 2.05) is 35.2 Å². The van der Waals surface area contributed by atoms with Gasteiger partial charge in [0.1, 0.15) is 0 Å². The molecule has 1 aromatic rings. The summed E-state index contributed by atoms with van der Waals surface area (Å²) in [6, 6.07) is 9.79. The molecule has 1 aliphatic rings. The van der Waals surface area contributed by atoms with Crippen LogP contribution in [0.2, 0.25) is 0 Å². The van der Waals surface area contributed by atoms with Crippen molar-refractivity contribution in [2.24, 2.45) is 0 Å². The average molecular weight is 207 g/mol. The molecule has 80 valence electrons. The number of hydrogen-bond donors (Lipinski definition) is 1. The zero-order chi connectivity index (χ0) is 10.7. The molecule has 0 radical (unpaired) electrons. The number of carboxylic acids is 1. The van der Waals surface area contributed by atoms with E-state index >= 15 is 0 Å². The molecular weight excluding hydrogens is 194 g/mol. The molecule has 0 amide bonds. The summed E-state index contributed by atoms with van der Waals surface area (Å²) in [7, 11) is 0. The zero-order valence-electron chi connectivity index (χ0n) is 8.30. The van der Waals surface area contributed by atoms with Gasteiger partial charge in [0.2, 0.25) is 0 Å². The van der Waals surface area contributed by atoms with E-state index in [9.17, 15) is 4.79 Å². The van der Waals surface area contributed by atoms with Gasteiger partial charge in [-0.15, -0.1) is 0 Å². The van der Waals surface area contributed by atoms with Gasteiger partial charge < -0.3 is 14.7 Å². The monoisotopic (exact) mass is 207 g/mol. The minimum atomic E-state index is -0.893. The molecule has 0 unspecified atom stereocenters. The number of rotatable bonds is 2. The Kier molecular flexibility index (Phi) is 2.87. The van der Waals surface area contributed by atoms with Crippen LogP contribution in [0.1, 0.15) is 0 Å². The van der Waals surface area contributed by atoms with Crippen LogP contribution >= 0.6 is 0 Å². The van der Waals surface area contributed by atoms with Crippen LogP contribution in [0.3, 0.4) is 0 Å². The molecule has 1 fully saturated rings. The van der Waals surface area contributed by atoms with Gasteiger partial charge in [-0.05, 0) is 12.1 Å². The summed E-state index contributed by atoms with van der Waals surface area (Å²) in [5, 5.41) is 8.85. The second kappa shape index (κ2) is 4.31. The van der Waals surface area contributed by atoms with Gasteiger partial charge in [0, 0.05) is 12.2 Å². The number of morpholine rings is 1. The maximum Gasteiger partial charge on any atom is 0.334 e. The predicted molar refractivity (Wildman–Crippen MR) is 56.0 cm³/mol. The highest BCUT2D eigenvalue weighted by atomic mass is 16.5. The first kappa shape index (κ1) is 9.98. The minimum absolute atomic E-state index is 0.416. The van der Waals surface area contributed by atoms with Crippen molar-refractivity contribution in [3.05, 3.63) is 30.3 Å². The minimum Gasteiger partial charge on any atom is -0.479 e. The molecule has 0 aliphatic carbocycles. The normalized spacial score (nSPS) is 21.3. The predicted octanol–water partition coefficient (Wildman–Crippen LogP) is 0.976. The fraction of sp³-hybridized carbons (Fsp3) is 0.364. The first-order valence-corrected chi connectivity index (χ1v) is 4.92. The largest absolute Gasteiger partial charge is 0.479 e. The Morgan fingerprint density at radius 2 is 2.13 bits per heavy atom. The molecule has 0 aromatic heterocycles. The maximum atomic E-state index is 10.8. The summed E-state index contributed by atoms with van der Waals surface area (Å²) in [5.41, 5.74) is 1.05. The highest BCUT2D eigenvalue weighted by Crippen LogP contribution is 2.16. The SMILES string of the molecule is O=C(O)[C@@H]1CN(c2ccccc2)CCO1. The van der Waals surface area contributed by atoms with Crippen molar-refractivity contribution in [1.29, 1.82) is 0 Å². The lowest BCUT2D eigenvalue weighted by Crippen LogP contribution is -2.46. The van der Waals surface area contributed by atoms with E-state index in [-0.39, 0.29) is 0 Å².